The van der Waals surface area contributed by atoms with Crippen molar-refractivity contribution in [2.24, 2.45) is 0 Å². The van der Waals surface area contributed by atoms with Gasteiger partial charge in [-0.15, -0.1) is 0 Å². The van der Waals surface area contributed by atoms with Crippen molar-refractivity contribution in [3.05, 3.63) is 82.9 Å². The second-order valence-electron chi connectivity index (χ2n) is 7.71. The smallest absolute Gasteiger partial charge is 0.301 e. The minimum absolute atomic E-state index is 0.0239. The van der Waals surface area contributed by atoms with Gasteiger partial charge in [-0.1, -0.05) is 17.3 Å². The fraction of sp³-hybridized carbons (Fsp3) is 0.208. The number of hydrogen-bond donors (Lipinski definition) is 1. The molecule has 1 aliphatic rings. The van der Waals surface area contributed by atoms with Crippen molar-refractivity contribution in [1.29, 1.82) is 0 Å². The van der Waals surface area contributed by atoms with E-state index in [4.69, 9.17) is 9.26 Å². The number of aliphatic hydroxyl groups excluding tert-OH is 1. The average molecular weight is 436 g/mol. The average Bonchev–Trinajstić information content (AvgIpc) is 3.29. The standard InChI is InChI=1S/C24H21FN2O5/c1-13(2)31-18-10-6-16(7-11-18)22(28)20-21(15-4-8-17(25)9-5-15)27(24(30)23(20)29)19-12-14(3)32-26-19/h4-13,21,28H,1-3H3/t21-/m0/s1. The summed E-state index contributed by atoms with van der Waals surface area (Å²) in [5, 5.41) is 14.9. The van der Waals surface area contributed by atoms with Crippen LogP contribution < -0.4 is 9.64 Å². The van der Waals surface area contributed by atoms with Crippen molar-refractivity contribution in [2.45, 2.75) is 32.9 Å². The van der Waals surface area contributed by atoms with Gasteiger partial charge in [0.05, 0.1) is 17.7 Å². The van der Waals surface area contributed by atoms with E-state index in [2.05, 4.69) is 5.16 Å². The number of hydrogen-bond acceptors (Lipinski definition) is 6. The number of aromatic nitrogens is 1. The van der Waals surface area contributed by atoms with E-state index in [1.807, 2.05) is 13.8 Å². The molecule has 2 heterocycles. The Labute approximate surface area is 183 Å². The van der Waals surface area contributed by atoms with E-state index in [9.17, 15) is 19.1 Å². The Kier molecular flexibility index (Phi) is 5.52. The van der Waals surface area contributed by atoms with Gasteiger partial charge in [0.25, 0.3) is 5.78 Å². The van der Waals surface area contributed by atoms with Crippen molar-refractivity contribution in [3.63, 3.8) is 0 Å². The third-order valence-corrected chi connectivity index (χ3v) is 4.99. The Morgan fingerprint density at radius 3 is 2.34 bits per heavy atom. The maximum atomic E-state index is 13.6. The van der Waals surface area contributed by atoms with E-state index in [-0.39, 0.29) is 23.3 Å². The molecule has 1 amide bonds. The Balaban J connectivity index is 1.85. The number of amides is 1. The Morgan fingerprint density at radius 2 is 1.78 bits per heavy atom. The highest BCUT2D eigenvalue weighted by Crippen LogP contribution is 2.42. The third kappa shape index (κ3) is 3.87. The van der Waals surface area contributed by atoms with E-state index >= 15 is 0 Å². The minimum Gasteiger partial charge on any atom is -0.507 e. The number of benzene rings is 2. The SMILES string of the molecule is Cc1cc(N2C(=O)C(=O)C(=C(O)c3ccc(OC(C)C)cc3)[C@@H]2c2ccc(F)cc2)no1. The predicted molar refractivity (Wildman–Crippen MR) is 115 cm³/mol. The number of halogens is 1. The first-order valence-electron chi connectivity index (χ1n) is 10.0. The summed E-state index contributed by atoms with van der Waals surface area (Å²) in [5.74, 6) is -1.39. The van der Waals surface area contributed by atoms with Gasteiger partial charge in [-0.05, 0) is 62.7 Å². The van der Waals surface area contributed by atoms with Gasteiger partial charge in [0.15, 0.2) is 5.82 Å². The summed E-state index contributed by atoms with van der Waals surface area (Å²) in [6, 6.07) is 12.4. The number of nitrogens with zero attached hydrogens (tertiary/aromatic N) is 2. The van der Waals surface area contributed by atoms with E-state index in [0.717, 1.165) is 4.90 Å². The summed E-state index contributed by atoms with van der Waals surface area (Å²) in [6.45, 7) is 5.44. The minimum atomic E-state index is -1.01. The summed E-state index contributed by atoms with van der Waals surface area (Å²) in [6.07, 6.45) is -0.0239. The molecule has 2 aromatic carbocycles. The van der Waals surface area contributed by atoms with Gasteiger partial charge in [-0.3, -0.25) is 14.5 Å². The number of rotatable bonds is 5. The highest BCUT2D eigenvalue weighted by molar-refractivity contribution is 6.51. The van der Waals surface area contributed by atoms with Gasteiger partial charge in [-0.2, -0.15) is 0 Å². The lowest BCUT2D eigenvalue weighted by Crippen LogP contribution is -2.29. The van der Waals surface area contributed by atoms with Crippen LogP contribution in [-0.2, 0) is 9.59 Å². The molecular formula is C24H21FN2O5. The third-order valence-electron chi connectivity index (χ3n) is 4.99. The number of carbonyl (C=O) groups excluding carboxylic acids is 2. The molecule has 1 fully saturated rings. The molecule has 0 radical (unpaired) electrons. The maximum Gasteiger partial charge on any atom is 0.301 e. The van der Waals surface area contributed by atoms with Crippen molar-refractivity contribution >= 4 is 23.3 Å². The van der Waals surface area contributed by atoms with Gasteiger partial charge >= 0.3 is 5.91 Å². The number of aliphatic hydroxyl groups is 1. The van der Waals surface area contributed by atoms with E-state index in [1.165, 1.54) is 30.3 Å². The number of carbonyl (C=O) groups is 2. The second-order valence-corrected chi connectivity index (χ2v) is 7.71. The Hall–Kier alpha value is -3.94. The summed E-state index contributed by atoms with van der Waals surface area (Å²) in [7, 11) is 0. The lowest BCUT2D eigenvalue weighted by molar-refractivity contribution is -0.132. The largest absolute Gasteiger partial charge is 0.507 e. The summed E-state index contributed by atoms with van der Waals surface area (Å²) >= 11 is 0. The van der Waals surface area contributed by atoms with Crippen LogP contribution in [0.1, 0.15) is 36.8 Å². The first-order chi connectivity index (χ1) is 15.3. The van der Waals surface area contributed by atoms with Crippen molar-refractivity contribution < 1.29 is 28.3 Å². The van der Waals surface area contributed by atoms with Crippen LogP contribution in [-0.4, -0.2) is 28.1 Å². The molecule has 3 aromatic rings. The molecule has 1 aliphatic heterocycles. The van der Waals surface area contributed by atoms with Gasteiger partial charge in [0.1, 0.15) is 23.1 Å². The van der Waals surface area contributed by atoms with Crippen LogP contribution in [0.5, 0.6) is 5.75 Å². The lowest BCUT2D eigenvalue weighted by Gasteiger charge is -2.22. The number of ether oxygens (including phenoxy) is 1. The lowest BCUT2D eigenvalue weighted by atomic mass is 9.95. The van der Waals surface area contributed by atoms with Crippen LogP contribution in [0.15, 0.2) is 64.7 Å². The molecule has 0 unspecified atom stereocenters. The first-order valence-corrected chi connectivity index (χ1v) is 10.0. The summed E-state index contributed by atoms with van der Waals surface area (Å²) in [4.78, 5) is 27.1. The van der Waals surface area contributed by atoms with Crippen LogP contribution in [0.2, 0.25) is 0 Å². The van der Waals surface area contributed by atoms with E-state index < -0.39 is 23.5 Å². The number of ketones is 1. The number of anilines is 1. The Morgan fingerprint density at radius 1 is 1.12 bits per heavy atom. The molecule has 32 heavy (non-hydrogen) atoms. The van der Waals surface area contributed by atoms with Crippen LogP contribution >= 0.6 is 0 Å². The molecular weight excluding hydrogens is 415 g/mol. The highest BCUT2D eigenvalue weighted by atomic mass is 19.1. The van der Waals surface area contributed by atoms with Gasteiger partial charge in [0, 0.05) is 11.6 Å². The molecule has 8 heteroatoms. The first kappa shape index (κ1) is 21.3. The van der Waals surface area contributed by atoms with Gasteiger partial charge in [0.2, 0.25) is 0 Å². The fourth-order valence-electron chi connectivity index (χ4n) is 3.62. The monoisotopic (exact) mass is 436 g/mol. The number of Topliss-reactive ketones (excluding diaryl/α,β-unsaturated/α-hetero) is 1. The zero-order valence-corrected chi connectivity index (χ0v) is 17.7. The molecule has 7 nitrogen and oxygen atoms in total. The van der Waals surface area contributed by atoms with Crippen LogP contribution in [0.4, 0.5) is 10.2 Å². The topological polar surface area (TPSA) is 92.9 Å². The van der Waals surface area contributed by atoms with Gasteiger partial charge < -0.3 is 14.4 Å². The van der Waals surface area contributed by atoms with Crippen molar-refractivity contribution in [2.75, 3.05) is 4.90 Å². The fourth-order valence-corrected chi connectivity index (χ4v) is 3.62. The normalized spacial score (nSPS) is 17.9. The molecule has 164 valence electrons. The molecule has 1 aromatic heterocycles. The van der Waals surface area contributed by atoms with Crippen molar-refractivity contribution in [1.82, 2.24) is 5.16 Å². The molecule has 0 aliphatic carbocycles. The predicted octanol–water partition coefficient (Wildman–Crippen LogP) is 4.54. The molecule has 4 rings (SSSR count). The number of aryl methyl sites for hydroxylation is 1. The molecule has 1 N–H and O–H groups in total. The zero-order valence-electron chi connectivity index (χ0n) is 17.7. The second kappa shape index (κ2) is 8.30. The van der Waals surface area contributed by atoms with Gasteiger partial charge in [-0.25, -0.2) is 4.39 Å². The van der Waals surface area contributed by atoms with E-state index in [1.54, 1.807) is 31.2 Å². The highest BCUT2D eigenvalue weighted by Gasteiger charge is 2.48. The molecule has 0 bridgehead atoms. The quantitative estimate of drug-likeness (QED) is 0.359. The molecule has 1 saturated heterocycles. The summed E-state index contributed by atoms with van der Waals surface area (Å²) < 4.78 is 24.2. The van der Waals surface area contributed by atoms with E-state index in [0.29, 0.717) is 22.6 Å². The van der Waals surface area contributed by atoms with Crippen LogP contribution in [0, 0.1) is 12.7 Å². The van der Waals surface area contributed by atoms with Crippen LogP contribution in [0.25, 0.3) is 5.76 Å². The molecule has 1 atom stereocenters. The molecule has 0 saturated carbocycles. The van der Waals surface area contributed by atoms with Crippen LogP contribution in [0.3, 0.4) is 0 Å². The summed E-state index contributed by atoms with van der Waals surface area (Å²) in [5.41, 5.74) is 0.648. The maximum absolute atomic E-state index is 13.6. The van der Waals surface area contributed by atoms with Crippen molar-refractivity contribution in [3.8, 4) is 5.75 Å². The Bertz CT molecular complexity index is 1200. The molecule has 0 spiro atoms. The zero-order chi connectivity index (χ0) is 23.0.